The predicted molar refractivity (Wildman–Crippen MR) is 107 cm³/mol. The summed E-state index contributed by atoms with van der Waals surface area (Å²) in [4.78, 5) is 37.8. The first-order valence-electron chi connectivity index (χ1n) is 9.66. The summed E-state index contributed by atoms with van der Waals surface area (Å²) in [6, 6.07) is 8.88. The predicted octanol–water partition coefficient (Wildman–Crippen LogP) is 3.01. The number of benzene rings is 2. The van der Waals surface area contributed by atoms with E-state index in [0.717, 1.165) is 25.9 Å². The van der Waals surface area contributed by atoms with Gasteiger partial charge in [-0.3, -0.25) is 14.9 Å². The summed E-state index contributed by atoms with van der Waals surface area (Å²) >= 11 is 0. The lowest BCUT2D eigenvalue weighted by Gasteiger charge is -2.20. The number of carbonyl (C=O) groups excluding carboxylic acids is 2. The van der Waals surface area contributed by atoms with Crippen LogP contribution in [0.1, 0.15) is 33.6 Å². The molecule has 1 saturated heterocycles. The Kier molecular flexibility index (Phi) is 5.51. The van der Waals surface area contributed by atoms with Crippen LogP contribution >= 0.6 is 0 Å². The van der Waals surface area contributed by atoms with Gasteiger partial charge in [0.15, 0.2) is 23.9 Å². The maximum absolute atomic E-state index is 12.7. The molecule has 0 aliphatic carbocycles. The molecule has 0 atom stereocenters. The van der Waals surface area contributed by atoms with E-state index in [2.05, 4.69) is 0 Å². The van der Waals surface area contributed by atoms with Crippen LogP contribution in [0.15, 0.2) is 36.4 Å². The number of hydrogen-bond acceptors (Lipinski definition) is 8. The molecule has 30 heavy (non-hydrogen) atoms. The summed E-state index contributed by atoms with van der Waals surface area (Å²) in [6.07, 6.45) is 1.96. The first-order chi connectivity index (χ1) is 14.5. The molecule has 1 fully saturated rings. The second-order valence-electron chi connectivity index (χ2n) is 7.01. The Balaban J connectivity index is 1.50. The fraction of sp³-hybridized carbons (Fsp3) is 0.333. The molecule has 9 heteroatoms. The maximum atomic E-state index is 12.7. The molecule has 2 aromatic rings. The number of Topliss-reactive ketones (excluding diaryl/α,β-unsaturated/α-hetero) is 1. The van der Waals surface area contributed by atoms with Crippen molar-refractivity contribution in [3.8, 4) is 11.5 Å². The Morgan fingerprint density at radius 3 is 2.50 bits per heavy atom. The van der Waals surface area contributed by atoms with Crippen molar-refractivity contribution in [2.75, 3.05) is 37.8 Å². The molecule has 4 rings (SSSR count). The molecule has 2 aliphatic rings. The van der Waals surface area contributed by atoms with Gasteiger partial charge in [-0.2, -0.15) is 0 Å². The molecule has 0 spiro atoms. The Morgan fingerprint density at radius 1 is 1.03 bits per heavy atom. The lowest BCUT2D eigenvalue weighted by atomic mass is 10.1. The number of anilines is 1. The number of ketones is 1. The summed E-state index contributed by atoms with van der Waals surface area (Å²) in [5.41, 5.74) is 0.782. The molecule has 0 saturated carbocycles. The highest BCUT2D eigenvalue weighted by Crippen LogP contribution is 2.31. The molecule has 0 N–H and O–H groups in total. The molecule has 9 nitrogen and oxygen atoms in total. The minimum atomic E-state index is -0.772. The van der Waals surface area contributed by atoms with Gasteiger partial charge in [0.05, 0.1) is 16.2 Å². The Labute approximate surface area is 172 Å². The minimum absolute atomic E-state index is 0.0843. The Hall–Kier alpha value is -3.62. The van der Waals surface area contributed by atoms with E-state index < -0.39 is 23.3 Å². The molecule has 2 aromatic carbocycles. The van der Waals surface area contributed by atoms with Gasteiger partial charge in [-0.05, 0) is 37.1 Å². The van der Waals surface area contributed by atoms with Gasteiger partial charge >= 0.3 is 5.97 Å². The van der Waals surface area contributed by atoms with Gasteiger partial charge in [0.25, 0.3) is 5.69 Å². The van der Waals surface area contributed by atoms with E-state index in [1.807, 2.05) is 4.90 Å². The number of non-ortho nitro benzene ring substituents is 1. The van der Waals surface area contributed by atoms with Crippen LogP contribution < -0.4 is 14.4 Å². The average Bonchev–Trinajstić information content (AvgIpc) is 3.31. The lowest BCUT2D eigenvalue weighted by Crippen LogP contribution is -2.22. The maximum Gasteiger partial charge on any atom is 0.340 e. The smallest absolute Gasteiger partial charge is 0.340 e. The monoisotopic (exact) mass is 412 g/mol. The third kappa shape index (κ3) is 4.05. The van der Waals surface area contributed by atoms with Gasteiger partial charge in [0.1, 0.15) is 13.2 Å². The quantitative estimate of drug-likeness (QED) is 0.308. The topological polar surface area (TPSA) is 108 Å². The summed E-state index contributed by atoms with van der Waals surface area (Å²) in [6.45, 7) is 1.87. The van der Waals surface area contributed by atoms with Crippen molar-refractivity contribution in [3.63, 3.8) is 0 Å². The molecule has 0 radical (unpaired) electrons. The third-order valence-corrected chi connectivity index (χ3v) is 5.06. The standard InChI is InChI=1S/C21H20N2O7/c24-18(14-3-6-19-20(11-14)29-10-9-28-19)13-30-21(25)16-12-15(23(26)27)4-5-17(16)22-7-1-2-8-22/h3-6,11-12H,1-2,7-10,13H2. The van der Waals surface area contributed by atoms with E-state index >= 15 is 0 Å². The van der Waals surface area contributed by atoms with Crippen LogP contribution in [-0.4, -0.2) is 49.6 Å². The first kappa shape index (κ1) is 19.7. The summed E-state index contributed by atoms with van der Waals surface area (Å²) < 4.78 is 16.1. The van der Waals surface area contributed by atoms with Crippen molar-refractivity contribution >= 4 is 23.1 Å². The number of rotatable bonds is 6. The summed E-state index contributed by atoms with van der Waals surface area (Å²) in [5.74, 6) is -0.157. The number of carbonyl (C=O) groups is 2. The van der Waals surface area contributed by atoms with Gasteiger partial charge in [0, 0.05) is 30.8 Å². The van der Waals surface area contributed by atoms with E-state index in [1.165, 1.54) is 12.1 Å². The van der Waals surface area contributed by atoms with Gasteiger partial charge in [-0.25, -0.2) is 4.79 Å². The van der Waals surface area contributed by atoms with Crippen molar-refractivity contribution in [2.24, 2.45) is 0 Å². The number of nitro groups is 1. The Morgan fingerprint density at radius 2 is 1.77 bits per heavy atom. The minimum Gasteiger partial charge on any atom is -0.486 e. The van der Waals surface area contributed by atoms with Crippen LogP contribution in [-0.2, 0) is 4.74 Å². The lowest BCUT2D eigenvalue weighted by molar-refractivity contribution is -0.384. The van der Waals surface area contributed by atoms with Crippen LogP contribution in [0.25, 0.3) is 0 Å². The molecule has 156 valence electrons. The second kappa shape index (κ2) is 8.40. The normalized spacial score (nSPS) is 15.0. The van der Waals surface area contributed by atoms with Crippen molar-refractivity contribution in [2.45, 2.75) is 12.8 Å². The average molecular weight is 412 g/mol. The van der Waals surface area contributed by atoms with E-state index in [9.17, 15) is 19.7 Å². The van der Waals surface area contributed by atoms with Crippen molar-refractivity contribution < 1.29 is 28.7 Å². The fourth-order valence-corrected chi connectivity index (χ4v) is 3.54. The van der Waals surface area contributed by atoms with Crippen LogP contribution in [0.2, 0.25) is 0 Å². The highest BCUT2D eigenvalue weighted by molar-refractivity contribution is 6.01. The second-order valence-corrected chi connectivity index (χ2v) is 7.01. The van der Waals surface area contributed by atoms with Crippen molar-refractivity contribution in [1.82, 2.24) is 0 Å². The van der Waals surface area contributed by atoms with Crippen LogP contribution in [0.4, 0.5) is 11.4 Å². The summed E-state index contributed by atoms with van der Waals surface area (Å²) in [5, 5.41) is 11.1. The molecule has 0 aromatic heterocycles. The Bertz CT molecular complexity index is 999. The molecular weight excluding hydrogens is 392 g/mol. The SMILES string of the molecule is O=C(COC(=O)c1cc([N+](=O)[O-])ccc1N1CCCC1)c1ccc2c(c1)OCCO2. The fourth-order valence-electron chi connectivity index (χ4n) is 3.54. The van der Waals surface area contributed by atoms with E-state index in [0.29, 0.717) is 36.0 Å². The number of nitro benzene ring substituents is 1. The molecular formula is C21H20N2O7. The van der Waals surface area contributed by atoms with Gasteiger partial charge in [0.2, 0.25) is 0 Å². The molecule has 0 amide bonds. The number of esters is 1. The van der Waals surface area contributed by atoms with Gasteiger partial charge in [-0.1, -0.05) is 0 Å². The third-order valence-electron chi connectivity index (χ3n) is 5.06. The zero-order chi connectivity index (χ0) is 21.1. The molecule has 2 heterocycles. The van der Waals surface area contributed by atoms with Crippen molar-refractivity contribution in [1.29, 1.82) is 0 Å². The van der Waals surface area contributed by atoms with Crippen molar-refractivity contribution in [3.05, 3.63) is 57.6 Å². The largest absolute Gasteiger partial charge is 0.486 e. The number of fused-ring (bicyclic) bond motifs is 1. The van der Waals surface area contributed by atoms with Gasteiger partial charge < -0.3 is 19.1 Å². The zero-order valence-corrected chi connectivity index (χ0v) is 16.2. The highest BCUT2D eigenvalue weighted by atomic mass is 16.6. The van der Waals surface area contributed by atoms with Gasteiger partial charge in [-0.15, -0.1) is 0 Å². The number of nitrogens with zero attached hydrogens (tertiary/aromatic N) is 2. The van der Waals surface area contributed by atoms with E-state index in [1.54, 1.807) is 24.3 Å². The molecule has 0 bridgehead atoms. The number of hydrogen-bond donors (Lipinski definition) is 0. The van der Waals surface area contributed by atoms with E-state index in [4.69, 9.17) is 14.2 Å². The summed E-state index contributed by atoms with van der Waals surface area (Å²) in [7, 11) is 0. The zero-order valence-electron chi connectivity index (χ0n) is 16.2. The van der Waals surface area contributed by atoms with Crippen LogP contribution in [0.5, 0.6) is 11.5 Å². The first-order valence-corrected chi connectivity index (χ1v) is 9.66. The molecule has 0 unspecified atom stereocenters. The van der Waals surface area contributed by atoms with Crippen LogP contribution in [0.3, 0.4) is 0 Å². The highest BCUT2D eigenvalue weighted by Gasteiger charge is 2.24. The number of ether oxygens (including phenoxy) is 3. The molecule has 2 aliphatic heterocycles. The van der Waals surface area contributed by atoms with Crippen LogP contribution in [0, 0.1) is 10.1 Å². The van der Waals surface area contributed by atoms with E-state index in [-0.39, 0.29) is 11.3 Å².